The third kappa shape index (κ3) is 1.45. The Morgan fingerprint density at radius 3 is 3.00 bits per heavy atom. The van der Waals surface area contributed by atoms with Crippen molar-refractivity contribution in [2.45, 2.75) is 18.9 Å². The van der Waals surface area contributed by atoms with E-state index in [1.165, 1.54) is 4.68 Å². The molecule has 0 saturated heterocycles. The molecular weight excluding hydrogens is 182 g/mol. The summed E-state index contributed by atoms with van der Waals surface area (Å²) >= 11 is 0. The van der Waals surface area contributed by atoms with Gasteiger partial charge in [-0.15, -0.1) is 5.10 Å². The van der Waals surface area contributed by atoms with Crippen LogP contribution in [0.15, 0.2) is 17.4 Å². The lowest BCUT2D eigenvalue weighted by molar-refractivity contribution is 0.312. The molecule has 1 aliphatic rings. The fourth-order valence-corrected chi connectivity index (χ4v) is 1.33. The van der Waals surface area contributed by atoms with Crippen LogP contribution in [0.4, 0.5) is 0 Å². The average Bonchev–Trinajstić information content (AvgIpc) is 2.94. The molecule has 0 bridgehead atoms. The number of hydrogen-bond acceptors (Lipinski definition) is 3. The summed E-state index contributed by atoms with van der Waals surface area (Å²) in [4.78, 5) is 11.6. The number of aryl methyl sites for hydroxylation is 1. The van der Waals surface area contributed by atoms with E-state index in [1.807, 2.05) is 0 Å². The molecule has 0 amide bonds. The Hall–Kier alpha value is -1.52. The van der Waals surface area contributed by atoms with Crippen LogP contribution in [-0.4, -0.2) is 21.0 Å². The molecule has 0 spiro atoms. The molecule has 0 aromatic carbocycles. The van der Waals surface area contributed by atoms with Crippen LogP contribution >= 0.6 is 0 Å². The molecule has 0 aliphatic heterocycles. The second-order valence-corrected chi connectivity index (χ2v) is 3.39. The van der Waals surface area contributed by atoms with E-state index in [0.717, 1.165) is 12.8 Å². The van der Waals surface area contributed by atoms with E-state index < -0.39 is 0 Å². The first-order valence-electron chi connectivity index (χ1n) is 4.63. The molecular formula is C9H13N3O2. The fraction of sp³-hybridized carbons (Fsp3) is 0.556. The molecule has 0 N–H and O–H groups in total. The van der Waals surface area contributed by atoms with E-state index >= 15 is 0 Å². The van der Waals surface area contributed by atoms with Crippen LogP contribution in [0.25, 0.3) is 0 Å². The smallest absolute Gasteiger partial charge is 0.348 e. The van der Waals surface area contributed by atoms with Gasteiger partial charge in [0.25, 0.3) is 0 Å². The van der Waals surface area contributed by atoms with Crippen molar-refractivity contribution in [3.05, 3.63) is 23.1 Å². The lowest BCUT2D eigenvalue weighted by Gasteiger charge is -2.02. The minimum absolute atomic E-state index is 0.105. The van der Waals surface area contributed by atoms with E-state index in [0.29, 0.717) is 12.6 Å². The molecule has 2 rings (SSSR count). The van der Waals surface area contributed by atoms with Gasteiger partial charge < -0.3 is 4.74 Å². The van der Waals surface area contributed by atoms with Crippen molar-refractivity contribution in [3.8, 4) is 6.01 Å². The zero-order valence-electron chi connectivity index (χ0n) is 8.14. The first-order valence-corrected chi connectivity index (χ1v) is 4.63. The molecule has 76 valence electrons. The van der Waals surface area contributed by atoms with Gasteiger partial charge in [-0.2, -0.15) is 0 Å². The third-order valence-corrected chi connectivity index (χ3v) is 2.17. The van der Waals surface area contributed by atoms with Crippen LogP contribution in [0.2, 0.25) is 0 Å². The Balaban J connectivity index is 2.32. The highest BCUT2D eigenvalue weighted by molar-refractivity contribution is 5.01. The zero-order valence-corrected chi connectivity index (χ0v) is 8.14. The summed E-state index contributed by atoms with van der Waals surface area (Å²) in [6.07, 6.45) is 3.71. The lowest BCUT2D eigenvalue weighted by atomic mass is 10.6. The van der Waals surface area contributed by atoms with Crippen molar-refractivity contribution in [2.75, 3.05) is 6.61 Å². The maximum Gasteiger partial charge on any atom is 0.348 e. The predicted octanol–water partition coefficient (Wildman–Crippen LogP) is 0.481. The molecule has 0 unspecified atom stereocenters. The van der Waals surface area contributed by atoms with Crippen molar-refractivity contribution in [1.29, 1.82) is 0 Å². The summed E-state index contributed by atoms with van der Waals surface area (Å²) < 4.78 is 8.22. The van der Waals surface area contributed by atoms with E-state index in [4.69, 9.17) is 4.74 Å². The van der Waals surface area contributed by atoms with Gasteiger partial charge in [0, 0.05) is 13.1 Å². The van der Waals surface area contributed by atoms with Gasteiger partial charge in [0.2, 0.25) is 0 Å². The highest BCUT2D eigenvalue weighted by Gasteiger charge is 2.30. The molecule has 1 aromatic rings. The van der Waals surface area contributed by atoms with Crippen LogP contribution < -0.4 is 10.4 Å². The molecule has 1 heterocycles. The lowest BCUT2D eigenvalue weighted by Crippen LogP contribution is -2.22. The number of rotatable bonds is 4. The van der Waals surface area contributed by atoms with E-state index in [-0.39, 0.29) is 11.7 Å². The largest absolute Gasteiger partial charge is 0.459 e. The highest BCUT2D eigenvalue weighted by Crippen LogP contribution is 2.35. The standard InChI is InChI=1S/C9H13N3O2/c1-3-6-14-8-10-11(2)9(13)12(8)7-4-5-7/h3,7H,1,4-6H2,2H3. The minimum Gasteiger partial charge on any atom is -0.459 e. The molecule has 1 saturated carbocycles. The van der Waals surface area contributed by atoms with Crippen molar-refractivity contribution >= 4 is 0 Å². The Kier molecular flexibility index (Phi) is 2.15. The number of ether oxygens (including phenoxy) is 1. The highest BCUT2D eigenvalue weighted by atomic mass is 16.5. The SMILES string of the molecule is C=CCOc1nn(C)c(=O)n1C1CC1. The summed E-state index contributed by atoms with van der Waals surface area (Å²) in [5.74, 6) is 0. The Morgan fingerprint density at radius 1 is 1.71 bits per heavy atom. The van der Waals surface area contributed by atoms with Crippen molar-refractivity contribution in [3.63, 3.8) is 0 Å². The van der Waals surface area contributed by atoms with Crippen LogP contribution in [0.3, 0.4) is 0 Å². The maximum absolute atomic E-state index is 11.6. The maximum atomic E-state index is 11.6. The van der Waals surface area contributed by atoms with E-state index in [2.05, 4.69) is 11.7 Å². The average molecular weight is 195 g/mol. The second-order valence-electron chi connectivity index (χ2n) is 3.39. The van der Waals surface area contributed by atoms with Gasteiger partial charge in [-0.25, -0.2) is 14.0 Å². The van der Waals surface area contributed by atoms with Crippen LogP contribution in [0.1, 0.15) is 18.9 Å². The van der Waals surface area contributed by atoms with Gasteiger partial charge in [-0.1, -0.05) is 12.7 Å². The van der Waals surface area contributed by atoms with Crippen LogP contribution in [-0.2, 0) is 7.05 Å². The van der Waals surface area contributed by atoms with Crippen molar-refractivity contribution in [1.82, 2.24) is 14.3 Å². The quantitative estimate of drug-likeness (QED) is 0.656. The molecule has 5 heteroatoms. The summed E-state index contributed by atoms with van der Waals surface area (Å²) in [6, 6.07) is 0.691. The summed E-state index contributed by atoms with van der Waals surface area (Å²) in [5.41, 5.74) is -0.105. The van der Waals surface area contributed by atoms with Gasteiger partial charge in [-0.05, 0) is 12.8 Å². The van der Waals surface area contributed by atoms with Gasteiger partial charge in [-0.3, -0.25) is 0 Å². The monoisotopic (exact) mass is 195 g/mol. The number of aromatic nitrogens is 3. The third-order valence-electron chi connectivity index (χ3n) is 2.17. The minimum atomic E-state index is -0.105. The van der Waals surface area contributed by atoms with Gasteiger partial charge in [0.05, 0.1) is 0 Å². The Bertz CT molecular complexity index is 401. The van der Waals surface area contributed by atoms with Crippen molar-refractivity contribution in [2.24, 2.45) is 7.05 Å². The Labute approximate surface area is 81.6 Å². The molecule has 1 aromatic heterocycles. The topological polar surface area (TPSA) is 49.1 Å². The van der Waals surface area contributed by atoms with Crippen molar-refractivity contribution < 1.29 is 4.74 Å². The predicted molar refractivity (Wildman–Crippen MR) is 51.4 cm³/mol. The van der Waals surface area contributed by atoms with Gasteiger partial charge >= 0.3 is 11.7 Å². The van der Waals surface area contributed by atoms with Gasteiger partial charge in [0.1, 0.15) is 6.61 Å². The van der Waals surface area contributed by atoms with Crippen LogP contribution in [0.5, 0.6) is 6.01 Å². The van der Waals surface area contributed by atoms with Gasteiger partial charge in [0.15, 0.2) is 0 Å². The summed E-state index contributed by atoms with van der Waals surface area (Å²) in [7, 11) is 1.63. The molecule has 1 aliphatic carbocycles. The first kappa shape index (κ1) is 9.05. The molecule has 0 atom stereocenters. The number of nitrogens with zero attached hydrogens (tertiary/aromatic N) is 3. The summed E-state index contributed by atoms with van der Waals surface area (Å²) in [5, 5.41) is 4.01. The summed E-state index contributed by atoms with van der Waals surface area (Å²) in [6.45, 7) is 3.93. The molecule has 14 heavy (non-hydrogen) atoms. The van der Waals surface area contributed by atoms with E-state index in [9.17, 15) is 4.79 Å². The molecule has 0 radical (unpaired) electrons. The zero-order chi connectivity index (χ0) is 10.1. The normalized spacial score (nSPS) is 15.5. The number of hydrogen-bond donors (Lipinski definition) is 0. The molecule has 1 fully saturated rings. The first-order chi connectivity index (χ1) is 6.74. The molecule has 5 nitrogen and oxygen atoms in total. The second kappa shape index (κ2) is 3.32. The van der Waals surface area contributed by atoms with E-state index in [1.54, 1.807) is 17.7 Å². The fourth-order valence-electron chi connectivity index (χ4n) is 1.33. The Morgan fingerprint density at radius 2 is 2.43 bits per heavy atom. The van der Waals surface area contributed by atoms with Crippen LogP contribution in [0, 0.1) is 0 Å².